The molecule has 0 bridgehead atoms. The van der Waals surface area contributed by atoms with E-state index in [0.717, 1.165) is 4.90 Å². The summed E-state index contributed by atoms with van der Waals surface area (Å²) >= 11 is 0. The zero-order valence-electron chi connectivity index (χ0n) is 18.2. The maximum atomic E-state index is 12.9. The van der Waals surface area contributed by atoms with Crippen LogP contribution in [-0.4, -0.2) is 35.7 Å². The molecule has 2 aliphatic rings. The summed E-state index contributed by atoms with van der Waals surface area (Å²) in [6.07, 6.45) is 0.993. The lowest BCUT2D eigenvalue weighted by Gasteiger charge is -2.23. The minimum absolute atomic E-state index is 0.102. The molecule has 2 unspecified atom stereocenters. The number of imide groups is 1. The Hall–Kier alpha value is -3.26. The second-order valence-electron chi connectivity index (χ2n) is 8.50. The van der Waals surface area contributed by atoms with E-state index in [9.17, 15) is 24.0 Å². The van der Waals surface area contributed by atoms with E-state index < -0.39 is 28.5 Å². The molecule has 0 aromatic heterocycles. The van der Waals surface area contributed by atoms with Crippen molar-refractivity contribution in [2.45, 2.75) is 40.5 Å². The fraction of sp³-hybridized carbons (Fsp3) is 0.522. The Labute approximate surface area is 181 Å². The first-order valence-electron chi connectivity index (χ1n) is 10.3. The van der Waals surface area contributed by atoms with Crippen molar-refractivity contribution >= 4 is 17.7 Å². The first kappa shape index (κ1) is 24.0. The highest BCUT2D eigenvalue weighted by Crippen LogP contribution is 2.39. The van der Waals surface area contributed by atoms with Crippen LogP contribution in [0.3, 0.4) is 0 Å². The van der Waals surface area contributed by atoms with Crippen LogP contribution in [-0.2, 0) is 9.59 Å². The molecule has 7 nitrogen and oxygen atoms in total. The third kappa shape index (κ3) is 4.29. The Morgan fingerprint density at radius 1 is 1.03 bits per heavy atom. The van der Waals surface area contributed by atoms with Crippen LogP contribution in [0.15, 0.2) is 24.3 Å². The number of nitrogens with zero attached hydrogens (tertiary/aromatic N) is 3. The van der Waals surface area contributed by atoms with Gasteiger partial charge in [0.05, 0.1) is 12.1 Å². The number of hydrogen-bond donors (Lipinski definition) is 1. The van der Waals surface area contributed by atoms with Crippen LogP contribution in [0.5, 0.6) is 0 Å². The smallest absolute Gasteiger partial charge is 0.260 e. The van der Waals surface area contributed by atoms with Crippen molar-refractivity contribution in [3.05, 3.63) is 35.6 Å². The van der Waals surface area contributed by atoms with Gasteiger partial charge in [-0.15, -0.1) is 0 Å². The molecule has 8 heteroatoms. The summed E-state index contributed by atoms with van der Waals surface area (Å²) in [7, 11) is 0. The van der Waals surface area contributed by atoms with Crippen LogP contribution in [0.4, 0.5) is 4.39 Å². The molecule has 1 aromatic rings. The first-order chi connectivity index (χ1) is 14.6. The number of likely N-dealkylation sites (tertiary alicyclic amines) is 1. The summed E-state index contributed by atoms with van der Waals surface area (Å²) in [5.74, 6) is -1.53. The van der Waals surface area contributed by atoms with Crippen molar-refractivity contribution in [3.8, 4) is 12.1 Å². The Balaban J connectivity index is 0.000000262. The number of halogens is 1. The van der Waals surface area contributed by atoms with Crippen LogP contribution < -0.4 is 5.32 Å². The lowest BCUT2D eigenvalue weighted by atomic mass is 9.77. The van der Waals surface area contributed by atoms with Crippen LogP contribution >= 0.6 is 0 Å². The molecule has 3 amide bonds. The number of amides is 3. The van der Waals surface area contributed by atoms with E-state index in [-0.39, 0.29) is 29.9 Å². The largest absolute Gasteiger partial charge is 0.355 e. The molecule has 2 atom stereocenters. The van der Waals surface area contributed by atoms with E-state index in [2.05, 4.69) is 17.5 Å². The van der Waals surface area contributed by atoms with Gasteiger partial charge in [0.25, 0.3) is 5.91 Å². The minimum atomic E-state index is -1.13. The van der Waals surface area contributed by atoms with Gasteiger partial charge in [-0.3, -0.25) is 19.3 Å². The van der Waals surface area contributed by atoms with Crippen molar-refractivity contribution < 1.29 is 18.8 Å². The predicted molar refractivity (Wildman–Crippen MR) is 110 cm³/mol. The number of nitrogens with one attached hydrogen (secondary N) is 1. The van der Waals surface area contributed by atoms with Crippen molar-refractivity contribution in [2.75, 3.05) is 13.1 Å². The molecule has 31 heavy (non-hydrogen) atoms. The quantitative estimate of drug-likeness (QED) is 0.746. The lowest BCUT2D eigenvalue weighted by molar-refractivity contribution is -0.133. The summed E-state index contributed by atoms with van der Waals surface area (Å²) in [5.41, 5.74) is -1.63. The summed E-state index contributed by atoms with van der Waals surface area (Å²) in [4.78, 5) is 37.0. The Bertz CT molecular complexity index is 945. The molecular formula is C23H27FN4O3. The van der Waals surface area contributed by atoms with Gasteiger partial charge < -0.3 is 5.32 Å². The zero-order valence-corrected chi connectivity index (χ0v) is 18.2. The van der Waals surface area contributed by atoms with Crippen LogP contribution in [0.2, 0.25) is 0 Å². The van der Waals surface area contributed by atoms with Gasteiger partial charge in [-0.2, -0.15) is 10.5 Å². The molecule has 2 aliphatic heterocycles. The van der Waals surface area contributed by atoms with Crippen LogP contribution in [0.25, 0.3) is 0 Å². The number of hydrogen-bond acceptors (Lipinski definition) is 5. The molecule has 1 N–H and O–H groups in total. The highest BCUT2D eigenvalue weighted by Gasteiger charge is 2.51. The highest BCUT2D eigenvalue weighted by atomic mass is 19.1. The molecule has 3 rings (SSSR count). The second-order valence-corrected chi connectivity index (χ2v) is 8.50. The monoisotopic (exact) mass is 426 g/mol. The SMILES string of the molecule is CC(C)C1(C#N)CCN(C(=O)c2ccc(F)cc2)C1=O.CC(C)C1(C#N)CCNC1=O. The van der Waals surface area contributed by atoms with Crippen molar-refractivity contribution in [1.29, 1.82) is 10.5 Å². The van der Waals surface area contributed by atoms with Gasteiger partial charge in [-0.25, -0.2) is 4.39 Å². The summed E-state index contributed by atoms with van der Waals surface area (Å²) in [5, 5.41) is 20.8. The fourth-order valence-electron chi connectivity index (χ4n) is 3.88. The third-order valence-electron chi connectivity index (χ3n) is 6.27. The number of rotatable bonds is 3. The number of nitriles is 2. The van der Waals surface area contributed by atoms with Crippen LogP contribution in [0, 0.1) is 51.1 Å². The summed E-state index contributed by atoms with van der Waals surface area (Å²) in [6.45, 7) is 8.29. The van der Waals surface area contributed by atoms with Gasteiger partial charge in [0.15, 0.2) is 0 Å². The highest BCUT2D eigenvalue weighted by molar-refractivity contribution is 6.08. The molecule has 1 aromatic carbocycles. The van der Waals surface area contributed by atoms with Crippen molar-refractivity contribution in [2.24, 2.45) is 22.7 Å². The second kappa shape index (κ2) is 9.26. The number of carbonyl (C=O) groups is 3. The van der Waals surface area contributed by atoms with Gasteiger partial charge in [-0.1, -0.05) is 27.7 Å². The molecule has 0 spiro atoms. The van der Waals surface area contributed by atoms with Crippen molar-refractivity contribution in [1.82, 2.24) is 10.2 Å². The molecule has 2 heterocycles. The standard InChI is InChI=1S/C15H15FN2O2.C8H12N2O/c1-10(2)15(9-17)7-8-18(14(15)20)13(19)11-3-5-12(16)6-4-11;1-6(2)8(5-9)3-4-10-7(8)11/h3-6,10H,7-8H2,1-2H3;6H,3-4H2,1-2H3,(H,10,11). The fourth-order valence-corrected chi connectivity index (χ4v) is 3.88. The number of benzene rings is 1. The van der Waals surface area contributed by atoms with Gasteiger partial charge >= 0.3 is 0 Å². The average Bonchev–Trinajstić information content (AvgIpc) is 3.29. The van der Waals surface area contributed by atoms with Gasteiger partial charge in [0.1, 0.15) is 16.6 Å². The third-order valence-corrected chi connectivity index (χ3v) is 6.27. The Morgan fingerprint density at radius 3 is 1.94 bits per heavy atom. The normalized spacial score (nSPS) is 25.0. The minimum Gasteiger partial charge on any atom is -0.355 e. The van der Waals surface area contributed by atoms with E-state index in [0.29, 0.717) is 19.4 Å². The predicted octanol–water partition coefficient (Wildman–Crippen LogP) is 3.04. The summed E-state index contributed by atoms with van der Waals surface area (Å²) in [6, 6.07) is 9.21. The Morgan fingerprint density at radius 2 is 1.58 bits per heavy atom. The van der Waals surface area contributed by atoms with Crippen LogP contribution in [0.1, 0.15) is 50.9 Å². The van der Waals surface area contributed by atoms with E-state index in [1.54, 1.807) is 13.8 Å². The van der Waals surface area contributed by atoms with Gasteiger partial charge in [-0.05, 0) is 48.9 Å². The first-order valence-corrected chi connectivity index (χ1v) is 10.3. The molecule has 2 fully saturated rings. The molecule has 0 saturated carbocycles. The Kier molecular flexibility index (Phi) is 7.17. The molecular weight excluding hydrogens is 399 g/mol. The lowest BCUT2D eigenvalue weighted by Crippen LogP contribution is -2.40. The van der Waals surface area contributed by atoms with Gasteiger partial charge in [0.2, 0.25) is 11.8 Å². The molecule has 2 saturated heterocycles. The van der Waals surface area contributed by atoms with E-state index in [1.165, 1.54) is 24.3 Å². The topological polar surface area (TPSA) is 114 Å². The molecule has 0 aliphatic carbocycles. The summed E-state index contributed by atoms with van der Waals surface area (Å²) < 4.78 is 12.9. The molecule has 0 radical (unpaired) electrons. The van der Waals surface area contributed by atoms with E-state index in [1.807, 2.05) is 13.8 Å². The van der Waals surface area contributed by atoms with E-state index in [4.69, 9.17) is 5.26 Å². The molecule has 164 valence electrons. The maximum Gasteiger partial charge on any atom is 0.260 e. The number of carbonyl (C=O) groups excluding carboxylic acids is 3. The maximum absolute atomic E-state index is 12.9. The van der Waals surface area contributed by atoms with Crippen molar-refractivity contribution in [3.63, 3.8) is 0 Å². The van der Waals surface area contributed by atoms with Gasteiger partial charge in [0, 0.05) is 18.7 Å². The van der Waals surface area contributed by atoms with E-state index >= 15 is 0 Å². The average molecular weight is 426 g/mol. The zero-order chi connectivity index (χ0) is 23.4.